The second kappa shape index (κ2) is 12.9. The molecule has 2 aromatic heterocycles. The van der Waals surface area contributed by atoms with E-state index in [9.17, 15) is 21.6 Å². The Balaban J connectivity index is 0.00000210. The topological polar surface area (TPSA) is 131 Å². The Morgan fingerprint density at radius 2 is 1.54 bits per heavy atom. The SMILES string of the molecule is Cl.Cl.NC1CCC(Nc2nc(NC3CCN(S(=O)(=O)CC(F)(F)F)CC3)c3ncn(C4CCCC4)c3n2)CC1. The highest BCUT2D eigenvalue weighted by molar-refractivity contribution is 7.89. The summed E-state index contributed by atoms with van der Waals surface area (Å²) in [7, 11) is -4.38. The summed E-state index contributed by atoms with van der Waals surface area (Å²) < 4.78 is 65.5. The zero-order valence-electron chi connectivity index (χ0n) is 21.6. The maximum Gasteiger partial charge on any atom is 0.404 e. The van der Waals surface area contributed by atoms with Crippen molar-refractivity contribution in [1.82, 2.24) is 23.8 Å². The van der Waals surface area contributed by atoms with Crippen LogP contribution >= 0.6 is 24.8 Å². The summed E-state index contributed by atoms with van der Waals surface area (Å²) in [6, 6.07) is 0.659. The van der Waals surface area contributed by atoms with Crippen LogP contribution < -0.4 is 16.4 Å². The average molecular weight is 618 g/mol. The lowest BCUT2D eigenvalue weighted by Crippen LogP contribution is -2.45. The number of nitrogens with two attached hydrogens (primary N) is 1. The van der Waals surface area contributed by atoms with Crippen molar-refractivity contribution in [2.75, 3.05) is 29.5 Å². The van der Waals surface area contributed by atoms with E-state index in [4.69, 9.17) is 15.7 Å². The van der Waals surface area contributed by atoms with Gasteiger partial charge in [0.25, 0.3) is 0 Å². The molecule has 2 aromatic rings. The molecule has 0 spiro atoms. The lowest BCUT2D eigenvalue weighted by atomic mass is 9.92. The number of rotatable bonds is 7. The molecule has 222 valence electrons. The molecule has 3 aliphatic rings. The summed E-state index contributed by atoms with van der Waals surface area (Å²) in [5.41, 5.74) is 7.46. The second-order valence-corrected chi connectivity index (χ2v) is 12.6. The summed E-state index contributed by atoms with van der Waals surface area (Å²) in [5, 5.41) is 6.88. The molecule has 10 nitrogen and oxygen atoms in total. The number of hydrogen-bond acceptors (Lipinski definition) is 8. The Labute approximate surface area is 239 Å². The first-order chi connectivity index (χ1) is 17.6. The Hall–Kier alpha value is -1.61. The fourth-order valence-corrected chi connectivity index (χ4v) is 7.11. The number of nitrogens with zero attached hydrogens (tertiary/aromatic N) is 5. The smallest absolute Gasteiger partial charge is 0.365 e. The molecule has 2 aliphatic carbocycles. The molecule has 5 rings (SSSR count). The zero-order chi connectivity index (χ0) is 26.2. The average Bonchev–Trinajstić information content (AvgIpc) is 3.49. The number of imidazole rings is 1. The van der Waals surface area contributed by atoms with Crippen molar-refractivity contribution < 1.29 is 21.6 Å². The zero-order valence-corrected chi connectivity index (χ0v) is 24.0. The number of halogens is 5. The Kier molecular flexibility index (Phi) is 10.6. The minimum atomic E-state index is -4.76. The van der Waals surface area contributed by atoms with Gasteiger partial charge < -0.3 is 20.9 Å². The number of alkyl halides is 3. The van der Waals surface area contributed by atoms with Crippen LogP contribution in [0.15, 0.2) is 6.33 Å². The molecule has 0 aromatic carbocycles. The molecule has 1 aliphatic heterocycles. The van der Waals surface area contributed by atoms with Crippen molar-refractivity contribution in [3.8, 4) is 0 Å². The first-order valence-electron chi connectivity index (χ1n) is 13.2. The number of fused-ring (bicyclic) bond motifs is 1. The van der Waals surface area contributed by atoms with Gasteiger partial charge in [0.05, 0.1) is 6.33 Å². The monoisotopic (exact) mass is 616 g/mol. The lowest BCUT2D eigenvalue weighted by molar-refractivity contribution is -0.107. The van der Waals surface area contributed by atoms with Gasteiger partial charge in [-0.1, -0.05) is 12.8 Å². The first-order valence-corrected chi connectivity index (χ1v) is 14.8. The molecular formula is C23H37Cl2F3N8O2S. The van der Waals surface area contributed by atoms with Crippen LogP contribution in [0.25, 0.3) is 11.2 Å². The van der Waals surface area contributed by atoms with Gasteiger partial charge in [-0.05, 0) is 51.4 Å². The van der Waals surface area contributed by atoms with E-state index < -0.39 is 22.0 Å². The predicted molar refractivity (Wildman–Crippen MR) is 149 cm³/mol. The maximum atomic E-state index is 12.7. The number of sulfonamides is 1. The van der Waals surface area contributed by atoms with Gasteiger partial charge in [0, 0.05) is 37.3 Å². The van der Waals surface area contributed by atoms with Gasteiger partial charge >= 0.3 is 6.18 Å². The van der Waals surface area contributed by atoms with Crippen LogP contribution in [-0.4, -0.2) is 75.4 Å². The third kappa shape index (κ3) is 7.78. The van der Waals surface area contributed by atoms with Crippen LogP contribution in [0.4, 0.5) is 24.9 Å². The van der Waals surface area contributed by atoms with Crippen molar-refractivity contribution in [3.63, 3.8) is 0 Å². The van der Waals surface area contributed by atoms with E-state index in [0.29, 0.717) is 36.2 Å². The molecule has 0 atom stereocenters. The van der Waals surface area contributed by atoms with Crippen LogP contribution in [0.2, 0.25) is 0 Å². The minimum Gasteiger partial charge on any atom is -0.365 e. The van der Waals surface area contributed by atoms with Crippen LogP contribution in [0.5, 0.6) is 0 Å². The second-order valence-electron chi connectivity index (χ2n) is 10.6. The van der Waals surface area contributed by atoms with Crippen LogP contribution in [0, 0.1) is 0 Å². The van der Waals surface area contributed by atoms with Gasteiger partial charge in [-0.15, -0.1) is 24.8 Å². The number of nitrogens with one attached hydrogen (secondary N) is 2. The molecule has 0 radical (unpaired) electrons. The molecule has 3 fully saturated rings. The molecular weight excluding hydrogens is 580 g/mol. The van der Waals surface area contributed by atoms with Crippen LogP contribution in [0.1, 0.15) is 70.3 Å². The lowest BCUT2D eigenvalue weighted by Gasteiger charge is -2.32. The highest BCUT2D eigenvalue weighted by Crippen LogP contribution is 2.34. The van der Waals surface area contributed by atoms with Crippen molar-refractivity contribution >= 4 is 57.8 Å². The molecule has 4 N–H and O–H groups in total. The number of piperidine rings is 1. The van der Waals surface area contributed by atoms with Gasteiger partial charge in [-0.2, -0.15) is 23.1 Å². The molecule has 1 saturated heterocycles. The largest absolute Gasteiger partial charge is 0.404 e. The fraction of sp³-hybridized carbons (Fsp3) is 0.783. The van der Waals surface area contributed by atoms with Crippen molar-refractivity contribution in [3.05, 3.63) is 6.33 Å². The molecule has 0 amide bonds. The highest BCUT2D eigenvalue weighted by atomic mass is 35.5. The first kappa shape index (κ1) is 31.9. The molecule has 2 saturated carbocycles. The number of hydrogen-bond donors (Lipinski definition) is 3. The summed E-state index contributed by atoms with van der Waals surface area (Å²) in [6.07, 6.45) is 6.07. The van der Waals surface area contributed by atoms with E-state index in [1.165, 1.54) is 12.8 Å². The summed E-state index contributed by atoms with van der Waals surface area (Å²) in [5.74, 6) is -0.751. The predicted octanol–water partition coefficient (Wildman–Crippen LogP) is 4.24. The minimum absolute atomic E-state index is 0. The van der Waals surface area contributed by atoms with Gasteiger partial charge in [-0.25, -0.2) is 17.7 Å². The standard InChI is InChI=1S/C23H35F3N8O2S.2ClH/c24-23(25,26)13-37(35,36)33-11-9-17(10-12-33)29-20-19-21(34(14-28-19)18-3-1-2-4-18)32-22(31-20)30-16-7-5-15(27)6-8-16;;/h14-18H,1-13,27H2,(H2,29,30,31,32);2*1H. The highest BCUT2D eigenvalue weighted by Gasteiger charge is 2.39. The Bertz CT molecular complexity index is 1190. The third-order valence-electron chi connectivity index (χ3n) is 7.78. The van der Waals surface area contributed by atoms with Gasteiger partial charge in [-0.3, -0.25) is 0 Å². The Morgan fingerprint density at radius 1 is 0.923 bits per heavy atom. The number of anilines is 2. The third-order valence-corrected chi connectivity index (χ3v) is 9.62. The van der Waals surface area contributed by atoms with E-state index in [2.05, 4.69) is 20.2 Å². The quantitative estimate of drug-likeness (QED) is 0.421. The van der Waals surface area contributed by atoms with Crippen LogP contribution in [0.3, 0.4) is 0 Å². The van der Waals surface area contributed by atoms with Crippen molar-refractivity contribution in [2.45, 2.75) is 94.6 Å². The number of aromatic nitrogens is 4. The van der Waals surface area contributed by atoms with Crippen molar-refractivity contribution in [1.29, 1.82) is 0 Å². The van der Waals surface area contributed by atoms with E-state index in [1.807, 2.05) is 6.33 Å². The normalized spacial score (nSPS) is 23.8. The van der Waals surface area contributed by atoms with Gasteiger partial charge in [0.2, 0.25) is 16.0 Å². The summed E-state index contributed by atoms with van der Waals surface area (Å²) in [4.78, 5) is 14.2. The fourth-order valence-electron chi connectivity index (χ4n) is 5.75. The van der Waals surface area contributed by atoms with E-state index in [1.54, 1.807) is 0 Å². The van der Waals surface area contributed by atoms with Gasteiger partial charge in [0.1, 0.15) is 0 Å². The molecule has 39 heavy (non-hydrogen) atoms. The van der Waals surface area contributed by atoms with Crippen molar-refractivity contribution in [2.24, 2.45) is 5.73 Å². The van der Waals surface area contributed by atoms with Crippen LogP contribution in [-0.2, 0) is 10.0 Å². The molecule has 3 heterocycles. The molecule has 16 heteroatoms. The van der Waals surface area contributed by atoms with E-state index >= 15 is 0 Å². The van der Waals surface area contributed by atoms with Gasteiger partial charge in [0.15, 0.2) is 22.7 Å². The Morgan fingerprint density at radius 3 is 2.15 bits per heavy atom. The van der Waals surface area contributed by atoms with E-state index in [-0.39, 0.29) is 56.0 Å². The van der Waals surface area contributed by atoms with E-state index in [0.717, 1.165) is 48.5 Å². The maximum absolute atomic E-state index is 12.7. The molecule has 0 bridgehead atoms. The summed E-state index contributed by atoms with van der Waals surface area (Å²) in [6.45, 7) is 0.0442. The summed E-state index contributed by atoms with van der Waals surface area (Å²) >= 11 is 0. The molecule has 0 unspecified atom stereocenters.